The van der Waals surface area contributed by atoms with Crippen LogP contribution in [0.15, 0.2) is 36.7 Å². The molecule has 152 valence electrons. The highest BCUT2D eigenvalue weighted by atomic mass is 32.1. The average Bonchev–Trinajstić information content (AvgIpc) is 3.15. The first-order valence-electron chi connectivity index (χ1n) is 10.2. The van der Waals surface area contributed by atoms with Crippen LogP contribution in [0.2, 0.25) is 0 Å². The van der Waals surface area contributed by atoms with Gasteiger partial charge in [-0.1, -0.05) is 23.5 Å². The van der Waals surface area contributed by atoms with E-state index in [4.69, 9.17) is 4.74 Å². The first kappa shape index (κ1) is 18.6. The summed E-state index contributed by atoms with van der Waals surface area (Å²) in [7, 11) is 0. The Kier molecular flexibility index (Phi) is 5.20. The maximum atomic E-state index is 9.51. The number of piperidine rings is 1. The molecule has 0 bridgehead atoms. The Bertz CT molecular complexity index is 941. The molecule has 2 aromatic heterocycles. The molecule has 0 unspecified atom stereocenters. The maximum Gasteiger partial charge on any atom is 0.257 e. The number of aliphatic hydroxyl groups is 1. The highest BCUT2D eigenvalue weighted by molar-refractivity contribution is 7.22. The van der Waals surface area contributed by atoms with Gasteiger partial charge in [0.05, 0.1) is 10.2 Å². The SMILES string of the molecule is OC[C@@H]1CCCN(c2nccnc2OC2CC(Nc3nc4ccccc4s3)C2)C1. The molecule has 2 N–H and O–H groups in total. The molecule has 3 heterocycles. The van der Waals surface area contributed by atoms with Crippen molar-refractivity contribution in [3.63, 3.8) is 0 Å². The van der Waals surface area contributed by atoms with Gasteiger partial charge in [-0.3, -0.25) is 0 Å². The van der Waals surface area contributed by atoms with Crippen molar-refractivity contribution in [1.82, 2.24) is 15.0 Å². The van der Waals surface area contributed by atoms with Crippen LogP contribution in [0, 0.1) is 5.92 Å². The number of rotatable bonds is 6. The molecule has 2 fully saturated rings. The number of hydrogen-bond donors (Lipinski definition) is 2. The van der Waals surface area contributed by atoms with Crippen LogP contribution < -0.4 is 15.0 Å². The van der Waals surface area contributed by atoms with Gasteiger partial charge in [0, 0.05) is 51.0 Å². The third kappa shape index (κ3) is 4.00. The van der Waals surface area contributed by atoms with Gasteiger partial charge in [0.2, 0.25) is 0 Å². The average molecular weight is 412 g/mol. The van der Waals surface area contributed by atoms with E-state index in [1.165, 1.54) is 4.70 Å². The van der Waals surface area contributed by atoms with Crippen LogP contribution in [0.4, 0.5) is 10.9 Å². The molecular formula is C21H25N5O2S. The lowest BCUT2D eigenvalue weighted by atomic mass is 9.89. The zero-order valence-corrected chi connectivity index (χ0v) is 17.0. The molecule has 5 rings (SSSR count). The highest BCUT2D eigenvalue weighted by Gasteiger charge is 2.33. The Morgan fingerprint density at radius 2 is 2.07 bits per heavy atom. The normalized spacial score (nSPS) is 24.3. The maximum absolute atomic E-state index is 9.51. The Morgan fingerprint density at radius 1 is 1.21 bits per heavy atom. The van der Waals surface area contributed by atoms with E-state index in [9.17, 15) is 5.11 Å². The standard InChI is InChI=1S/C21H25N5O2S/c27-13-14-4-3-9-26(12-14)19-20(23-8-7-22-19)28-16-10-15(11-16)24-21-25-17-5-1-2-6-18(17)29-21/h1-2,5-8,14-16,27H,3-4,9-13H2,(H,24,25)/t14-,15?,16?/m1/s1. The van der Waals surface area contributed by atoms with E-state index in [1.807, 2.05) is 18.2 Å². The number of fused-ring (bicyclic) bond motifs is 1. The summed E-state index contributed by atoms with van der Waals surface area (Å²) in [6.45, 7) is 1.95. The molecular weight excluding hydrogens is 386 g/mol. The van der Waals surface area contributed by atoms with Crippen molar-refractivity contribution in [3.8, 4) is 5.88 Å². The van der Waals surface area contributed by atoms with Gasteiger partial charge < -0.3 is 20.1 Å². The molecule has 0 radical (unpaired) electrons. The molecule has 3 aromatic rings. The number of ether oxygens (including phenoxy) is 1. The fourth-order valence-electron chi connectivity index (χ4n) is 4.07. The van der Waals surface area contributed by atoms with Crippen molar-refractivity contribution < 1.29 is 9.84 Å². The minimum atomic E-state index is 0.135. The number of aliphatic hydroxyl groups excluding tert-OH is 1. The summed E-state index contributed by atoms with van der Waals surface area (Å²) in [4.78, 5) is 15.8. The molecule has 1 saturated carbocycles. The molecule has 7 nitrogen and oxygen atoms in total. The van der Waals surface area contributed by atoms with Gasteiger partial charge in [0.1, 0.15) is 6.10 Å². The molecule has 0 spiro atoms. The van der Waals surface area contributed by atoms with E-state index >= 15 is 0 Å². The lowest BCUT2D eigenvalue weighted by Gasteiger charge is -2.37. The molecule has 1 aliphatic carbocycles. The van der Waals surface area contributed by atoms with E-state index in [0.29, 0.717) is 17.8 Å². The zero-order chi connectivity index (χ0) is 19.6. The first-order valence-corrected chi connectivity index (χ1v) is 11.1. The quantitative estimate of drug-likeness (QED) is 0.644. The zero-order valence-electron chi connectivity index (χ0n) is 16.2. The van der Waals surface area contributed by atoms with Gasteiger partial charge in [0.25, 0.3) is 5.88 Å². The van der Waals surface area contributed by atoms with E-state index in [0.717, 1.165) is 55.2 Å². The second kappa shape index (κ2) is 8.12. The van der Waals surface area contributed by atoms with Gasteiger partial charge in [-0.15, -0.1) is 0 Å². The van der Waals surface area contributed by atoms with E-state index < -0.39 is 0 Å². The summed E-state index contributed by atoms with van der Waals surface area (Å²) in [6, 6.07) is 8.57. The van der Waals surface area contributed by atoms with Crippen molar-refractivity contribution in [2.24, 2.45) is 5.92 Å². The van der Waals surface area contributed by atoms with Crippen molar-refractivity contribution in [3.05, 3.63) is 36.7 Å². The second-order valence-electron chi connectivity index (χ2n) is 7.86. The number of thiazole rings is 1. The van der Waals surface area contributed by atoms with Gasteiger partial charge >= 0.3 is 0 Å². The van der Waals surface area contributed by atoms with E-state index in [2.05, 4.69) is 31.2 Å². The number of hydrogen-bond acceptors (Lipinski definition) is 8. The van der Waals surface area contributed by atoms with Crippen molar-refractivity contribution in [1.29, 1.82) is 0 Å². The van der Waals surface area contributed by atoms with Crippen LogP contribution in [0.3, 0.4) is 0 Å². The van der Waals surface area contributed by atoms with Crippen molar-refractivity contribution in [2.45, 2.75) is 37.8 Å². The number of aromatic nitrogens is 3. The monoisotopic (exact) mass is 411 g/mol. The molecule has 2 aliphatic rings. The van der Waals surface area contributed by atoms with Crippen LogP contribution in [0.25, 0.3) is 10.2 Å². The minimum absolute atomic E-state index is 0.135. The number of benzene rings is 1. The predicted octanol–water partition coefficient (Wildman–Crippen LogP) is 3.32. The Balaban J connectivity index is 1.19. The summed E-state index contributed by atoms with van der Waals surface area (Å²) in [5.41, 5.74) is 1.04. The fraction of sp³-hybridized carbons (Fsp3) is 0.476. The number of nitrogens with one attached hydrogen (secondary N) is 1. The molecule has 1 aliphatic heterocycles. The lowest BCUT2D eigenvalue weighted by Crippen LogP contribution is -2.43. The molecule has 1 aromatic carbocycles. The fourth-order valence-corrected chi connectivity index (χ4v) is 5.01. The second-order valence-corrected chi connectivity index (χ2v) is 8.89. The number of para-hydroxylation sites is 1. The van der Waals surface area contributed by atoms with Gasteiger partial charge in [-0.05, 0) is 30.9 Å². The van der Waals surface area contributed by atoms with Crippen LogP contribution in [0.5, 0.6) is 5.88 Å². The Morgan fingerprint density at radius 3 is 2.93 bits per heavy atom. The minimum Gasteiger partial charge on any atom is -0.472 e. The van der Waals surface area contributed by atoms with Crippen LogP contribution >= 0.6 is 11.3 Å². The summed E-state index contributed by atoms with van der Waals surface area (Å²) in [6.07, 6.45) is 7.49. The van der Waals surface area contributed by atoms with Crippen LogP contribution in [0.1, 0.15) is 25.7 Å². The molecule has 29 heavy (non-hydrogen) atoms. The largest absolute Gasteiger partial charge is 0.472 e. The van der Waals surface area contributed by atoms with E-state index in [1.54, 1.807) is 23.7 Å². The highest BCUT2D eigenvalue weighted by Crippen LogP contribution is 2.34. The van der Waals surface area contributed by atoms with Crippen LogP contribution in [-0.2, 0) is 0 Å². The van der Waals surface area contributed by atoms with Crippen LogP contribution in [-0.4, -0.2) is 51.9 Å². The Labute approximate surface area is 173 Å². The number of anilines is 2. The Hall–Kier alpha value is -2.45. The summed E-state index contributed by atoms with van der Waals surface area (Å²) >= 11 is 1.69. The van der Waals surface area contributed by atoms with Gasteiger partial charge in [0.15, 0.2) is 10.9 Å². The third-order valence-electron chi connectivity index (χ3n) is 5.72. The first-order chi connectivity index (χ1) is 14.3. The summed E-state index contributed by atoms with van der Waals surface area (Å²) in [5.74, 6) is 1.70. The van der Waals surface area contributed by atoms with E-state index in [-0.39, 0.29) is 12.7 Å². The third-order valence-corrected chi connectivity index (χ3v) is 6.69. The summed E-state index contributed by atoms with van der Waals surface area (Å²) in [5, 5.41) is 14.0. The molecule has 0 amide bonds. The number of nitrogens with zero attached hydrogens (tertiary/aromatic N) is 4. The predicted molar refractivity (Wildman–Crippen MR) is 115 cm³/mol. The topological polar surface area (TPSA) is 83.4 Å². The lowest BCUT2D eigenvalue weighted by molar-refractivity contribution is 0.102. The smallest absolute Gasteiger partial charge is 0.257 e. The molecule has 1 saturated heterocycles. The molecule has 1 atom stereocenters. The van der Waals surface area contributed by atoms with Crippen molar-refractivity contribution >= 4 is 32.5 Å². The van der Waals surface area contributed by atoms with Crippen molar-refractivity contribution in [2.75, 3.05) is 29.9 Å². The summed E-state index contributed by atoms with van der Waals surface area (Å²) < 4.78 is 7.40. The molecule has 8 heteroatoms. The van der Waals surface area contributed by atoms with Gasteiger partial charge in [-0.25, -0.2) is 15.0 Å². The van der Waals surface area contributed by atoms with Gasteiger partial charge in [-0.2, -0.15) is 0 Å².